The van der Waals surface area contributed by atoms with Crippen molar-refractivity contribution in [2.45, 2.75) is 13.0 Å². The number of nitrogens with one attached hydrogen (secondary N) is 2. The Morgan fingerprint density at radius 1 is 1.10 bits per heavy atom. The summed E-state index contributed by atoms with van der Waals surface area (Å²) in [5.41, 5.74) is 4.34. The number of thiazole rings is 1. The highest BCUT2D eigenvalue weighted by molar-refractivity contribution is 7.07. The third-order valence-corrected chi connectivity index (χ3v) is 4.74. The van der Waals surface area contributed by atoms with Gasteiger partial charge in [-0.2, -0.15) is 0 Å². The molecule has 0 aliphatic rings. The highest BCUT2D eigenvalue weighted by Crippen LogP contribution is 2.27. The average Bonchev–Trinajstić information content (AvgIpc) is 3.26. The van der Waals surface area contributed by atoms with Crippen molar-refractivity contribution in [1.29, 1.82) is 0 Å². The Hall–Kier alpha value is -3.26. The number of benzene rings is 2. The van der Waals surface area contributed by atoms with E-state index in [-0.39, 0.29) is 6.03 Å². The summed E-state index contributed by atoms with van der Waals surface area (Å²) < 4.78 is 16.2. The molecule has 8 heteroatoms. The van der Waals surface area contributed by atoms with Crippen LogP contribution in [0.3, 0.4) is 0 Å². The first-order valence-corrected chi connectivity index (χ1v) is 9.98. The van der Waals surface area contributed by atoms with E-state index < -0.39 is 0 Å². The number of urea groups is 1. The molecule has 0 fully saturated rings. The van der Waals surface area contributed by atoms with E-state index in [1.165, 1.54) is 11.3 Å². The summed E-state index contributed by atoms with van der Waals surface area (Å²) in [4.78, 5) is 16.3. The Morgan fingerprint density at radius 2 is 1.97 bits per heavy atom. The smallest absolute Gasteiger partial charge is 0.319 e. The van der Waals surface area contributed by atoms with Crippen molar-refractivity contribution in [3.05, 3.63) is 64.6 Å². The topological polar surface area (TPSA) is 81.7 Å². The van der Waals surface area contributed by atoms with Crippen LogP contribution in [0, 0.1) is 0 Å². The van der Waals surface area contributed by atoms with Gasteiger partial charge in [0.25, 0.3) is 0 Å². The van der Waals surface area contributed by atoms with Crippen molar-refractivity contribution in [2.75, 3.05) is 26.1 Å². The van der Waals surface area contributed by atoms with Crippen LogP contribution in [-0.4, -0.2) is 31.8 Å². The molecular formula is C21H23N3O4S. The minimum atomic E-state index is -0.276. The van der Waals surface area contributed by atoms with Gasteiger partial charge >= 0.3 is 6.03 Å². The van der Waals surface area contributed by atoms with Gasteiger partial charge in [-0.3, -0.25) is 0 Å². The van der Waals surface area contributed by atoms with Gasteiger partial charge < -0.3 is 24.8 Å². The molecule has 2 N–H and O–H groups in total. The van der Waals surface area contributed by atoms with E-state index in [1.807, 2.05) is 41.8 Å². The highest BCUT2D eigenvalue weighted by atomic mass is 32.1. The van der Waals surface area contributed by atoms with Crippen LogP contribution >= 0.6 is 11.3 Å². The second-order valence-corrected chi connectivity index (χ2v) is 6.84. The number of anilines is 1. The second-order valence-electron chi connectivity index (χ2n) is 6.12. The lowest BCUT2D eigenvalue weighted by molar-refractivity contribution is 0.252. The molecular weight excluding hydrogens is 390 g/mol. The van der Waals surface area contributed by atoms with Gasteiger partial charge in [-0.1, -0.05) is 12.1 Å². The lowest BCUT2D eigenvalue weighted by atomic mass is 10.1. The Morgan fingerprint density at radius 3 is 2.72 bits per heavy atom. The summed E-state index contributed by atoms with van der Waals surface area (Å²) in [5.74, 6) is 2.02. The molecule has 1 aromatic heterocycles. The van der Waals surface area contributed by atoms with Crippen LogP contribution in [-0.2, 0) is 13.0 Å². The lowest BCUT2D eigenvalue weighted by Gasteiger charge is -2.11. The van der Waals surface area contributed by atoms with Gasteiger partial charge in [0, 0.05) is 23.7 Å². The van der Waals surface area contributed by atoms with Crippen LogP contribution in [0.2, 0.25) is 0 Å². The molecule has 0 saturated carbocycles. The van der Waals surface area contributed by atoms with Crippen molar-refractivity contribution in [3.8, 4) is 17.2 Å². The molecule has 2 amide bonds. The molecule has 0 unspecified atom stereocenters. The number of methoxy groups -OCH3 is 2. The van der Waals surface area contributed by atoms with E-state index in [9.17, 15) is 4.79 Å². The molecule has 29 heavy (non-hydrogen) atoms. The standard InChI is InChI=1S/C21H23N3O4S/c1-26-19-7-6-15(10-20(19)27-2)8-9-22-21(25)24-16-4-3-5-18(11-16)28-12-17-13-29-14-23-17/h3-7,10-11,13-14H,8-9,12H2,1-2H3,(H2,22,24,25). The molecule has 0 atom stereocenters. The van der Waals surface area contributed by atoms with Gasteiger partial charge in [0.1, 0.15) is 12.4 Å². The van der Waals surface area contributed by atoms with Crippen molar-refractivity contribution in [3.63, 3.8) is 0 Å². The number of carbonyl (C=O) groups is 1. The average molecular weight is 413 g/mol. The molecule has 0 bridgehead atoms. The van der Waals surface area contributed by atoms with E-state index in [4.69, 9.17) is 14.2 Å². The van der Waals surface area contributed by atoms with Gasteiger partial charge in [-0.25, -0.2) is 9.78 Å². The molecule has 1 heterocycles. The molecule has 152 valence electrons. The fraction of sp³-hybridized carbons (Fsp3) is 0.238. The zero-order valence-corrected chi connectivity index (χ0v) is 17.1. The van der Waals surface area contributed by atoms with Crippen molar-refractivity contribution in [1.82, 2.24) is 10.3 Å². The minimum absolute atomic E-state index is 0.276. The Balaban J connectivity index is 1.46. The summed E-state index contributed by atoms with van der Waals surface area (Å²) in [5, 5.41) is 7.60. The molecule has 0 radical (unpaired) electrons. The number of ether oxygens (including phenoxy) is 3. The number of hydrogen-bond acceptors (Lipinski definition) is 6. The molecule has 0 spiro atoms. The van der Waals surface area contributed by atoms with Crippen molar-refractivity contribution >= 4 is 23.1 Å². The number of hydrogen-bond donors (Lipinski definition) is 2. The van der Waals surface area contributed by atoms with Gasteiger partial charge in [0.15, 0.2) is 11.5 Å². The zero-order valence-electron chi connectivity index (χ0n) is 16.3. The number of rotatable bonds is 9. The first-order chi connectivity index (χ1) is 14.2. The van der Waals surface area contributed by atoms with E-state index in [0.29, 0.717) is 42.5 Å². The number of carbonyl (C=O) groups excluding carboxylic acids is 1. The first-order valence-electron chi connectivity index (χ1n) is 9.03. The summed E-state index contributed by atoms with van der Waals surface area (Å²) in [6.07, 6.45) is 0.671. The van der Waals surface area contributed by atoms with Gasteiger partial charge in [-0.05, 0) is 36.2 Å². The van der Waals surface area contributed by atoms with Gasteiger partial charge in [-0.15, -0.1) is 11.3 Å². The Bertz CT molecular complexity index is 931. The van der Waals surface area contributed by atoms with E-state index in [1.54, 1.807) is 25.8 Å². The fourth-order valence-electron chi connectivity index (χ4n) is 2.66. The monoisotopic (exact) mass is 413 g/mol. The third kappa shape index (κ3) is 6.11. The second kappa shape index (κ2) is 10.3. The van der Waals surface area contributed by atoms with Crippen LogP contribution in [0.25, 0.3) is 0 Å². The molecule has 0 aliphatic carbocycles. The summed E-state index contributed by atoms with van der Waals surface area (Å²) in [7, 11) is 3.20. The first kappa shape index (κ1) is 20.5. The number of nitrogens with zero attached hydrogens (tertiary/aromatic N) is 1. The lowest BCUT2D eigenvalue weighted by Crippen LogP contribution is -2.30. The fourth-order valence-corrected chi connectivity index (χ4v) is 3.20. The number of aromatic nitrogens is 1. The maximum absolute atomic E-state index is 12.2. The van der Waals surface area contributed by atoms with Gasteiger partial charge in [0.2, 0.25) is 0 Å². The maximum Gasteiger partial charge on any atom is 0.319 e. The van der Waals surface area contributed by atoms with Gasteiger partial charge in [0.05, 0.1) is 25.4 Å². The third-order valence-electron chi connectivity index (χ3n) is 4.11. The summed E-state index contributed by atoms with van der Waals surface area (Å²) in [6, 6.07) is 12.7. The number of amides is 2. The van der Waals surface area contributed by atoms with Crippen LogP contribution in [0.1, 0.15) is 11.3 Å². The molecule has 3 rings (SSSR count). The quantitative estimate of drug-likeness (QED) is 0.552. The maximum atomic E-state index is 12.2. The minimum Gasteiger partial charge on any atom is -0.493 e. The summed E-state index contributed by atoms with van der Waals surface area (Å²) in [6.45, 7) is 0.881. The highest BCUT2D eigenvalue weighted by Gasteiger charge is 2.06. The molecule has 3 aromatic rings. The van der Waals surface area contributed by atoms with Crippen LogP contribution in [0.5, 0.6) is 17.2 Å². The van der Waals surface area contributed by atoms with Crippen molar-refractivity contribution < 1.29 is 19.0 Å². The largest absolute Gasteiger partial charge is 0.493 e. The van der Waals surface area contributed by atoms with Crippen LogP contribution < -0.4 is 24.8 Å². The van der Waals surface area contributed by atoms with Crippen LogP contribution in [0.4, 0.5) is 10.5 Å². The van der Waals surface area contributed by atoms with E-state index >= 15 is 0 Å². The predicted octanol–water partition coefficient (Wildman–Crippen LogP) is 4.10. The molecule has 7 nitrogen and oxygen atoms in total. The Kier molecular flexibility index (Phi) is 7.29. The van der Waals surface area contributed by atoms with Crippen LogP contribution in [0.15, 0.2) is 53.4 Å². The van der Waals surface area contributed by atoms with Crippen molar-refractivity contribution in [2.24, 2.45) is 0 Å². The SMILES string of the molecule is COc1ccc(CCNC(=O)Nc2cccc(OCc3cscn3)c2)cc1OC. The molecule has 0 saturated heterocycles. The van der Waals surface area contributed by atoms with E-state index in [2.05, 4.69) is 15.6 Å². The zero-order chi connectivity index (χ0) is 20.5. The molecule has 0 aliphatic heterocycles. The normalized spacial score (nSPS) is 10.3. The summed E-state index contributed by atoms with van der Waals surface area (Å²) >= 11 is 1.53. The van der Waals surface area contributed by atoms with E-state index in [0.717, 1.165) is 11.3 Å². The predicted molar refractivity (Wildman–Crippen MR) is 113 cm³/mol. The Labute approximate surface area is 173 Å². The molecule has 2 aromatic carbocycles.